The number of Topliss-reactive ketones (excluding diaryl/α,β-unsaturated/α-hetero) is 1. The fraction of sp³-hybridized carbons (Fsp3) is 0.250. The van der Waals surface area contributed by atoms with E-state index in [-0.39, 0.29) is 5.78 Å². The molecule has 1 aliphatic rings. The number of carbonyl (C=O) groups excluding carboxylic acids is 1. The first kappa shape index (κ1) is 17.5. The molecular weight excluding hydrogens is 384 g/mol. The molecule has 0 fully saturated rings. The van der Waals surface area contributed by atoms with Gasteiger partial charge in [0.15, 0.2) is 17.3 Å². The minimum atomic E-state index is 0.0660. The van der Waals surface area contributed by atoms with E-state index in [0.717, 1.165) is 33.2 Å². The van der Waals surface area contributed by atoms with Gasteiger partial charge in [0.25, 0.3) is 0 Å². The molecule has 0 heterocycles. The van der Waals surface area contributed by atoms with Crippen LogP contribution in [-0.4, -0.2) is 27.1 Å². The summed E-state index contributed by atoms with van der Waals surface area (Å²) >= 11 is 3.44. The van der Waals surface area contributed by atoms with Crippen molar-refractivity contribution in [1.29, 1.82) is 0 Å². The molecule has 0 amide bonds. The number of rotatable bonds is 4. The molecule has 0 radical (unpaired) electrons. The summed E-state index contributed by atoms with van der Waals surface area (Å²) in [6.45, 7) is 0. The van der Waals surface area contributed by atoms with Crippen LogP contribution in [0.1, 0.15) is 27.9 Å². The van der Waals surface area contributed by atoms with E-state index in [2.05, 4.69) is 15.9 Å². The molecule has 0 unspecified atom stereocenters. The first-order valence-corrected chi connectivity index (χ1v) is 8.70. The van der Waals surface area contributed by atoms with E-state index < -0.39 is 0 Å². The van der Waals surface area contributed by atoms with E-state index in [1.165, 1.54) is 0 Å². The van der Waals surface area contributed by atoms with Crippen molar-refractivity contribution in [3.05, 3.63) is 57.1 Å². The molecule has 0 aromatic heterocycles. The lowest BCUT2D eigenvalue weighted by Gasteiger charge is -2.18. The second-order valence-electron chi connectivity index (χ2n) is 5.76. The Bertz CT molecular complexity index is 830. The lowest BCUT2D eigenvalue weighted by atomic mass is 9.86. The number of aryl methyl sites for hydroxylation is 1. The Morgan fingerprint density at radius 1 is 0.960 bits per heavy atom. The largest absolute Gasteiger partial charge is 0.493 e. The van der Waals surface area contributed by atoms with E-state index in [9.17, 15) is 4.79 Å². The third-order valence-corrected chi connectivity index (χ3v) is 4.79. The van der Waals surface area contributed by atoms with E-state index in [1.54, 1.807) is 21.3 Å². The first-order chi connectivity index (χ1) is 12.1. The summed E-state index contributed by atoms with van der Waals surface area (Å²) in [5.74, 6) is 1.74. The highest BCUT2D eigenvalue weighted by atomic mass is 79.9. The first-order valence-electron chi connectivity index (χ1n) is 7.91. The van der Waals surface area contributed by atoms with Gasteiger partial charge in [0, 0.05) is 15.6 Å². The number of fused-ring (bicyclic) bond motifs is 1. The number of ketones is 1. The van der Waals surface area contributed by atoms with Gasteiger partial charge in [-0.2, -0.15) is 0 Å². The Hall–Kier alpha value is -2.27. The van der Waals surface area contributed by atoms with Gasteiger partial charge >= 0.3 is 0 Å². The maximum absolute atomic E-state index is 12.8. The Morgan fingerprint density at radius 3 is 2.24 bits per heavy atom. The van der Waals surface area contributed by atoms with E-state index in [1.807, 2.05) is 36.4 Å². The number of carbonyl (C=O) groups is 1. The molecule has 0 saturated heterocycles. The summed E-state index contributed by atoms with van der Waals surface area (Å²) in [4.78, 5) is 12.8. The van der Waals surface area contributed by atoms with Gasteiger partial charge in [-0.25, -0.2) is 0 Å². The van der Waals surface area contributed by atoms with Gasteiger partial charge in [-0.15, -0.1) is 0 Å². The van der Waals surface area contributed by atoms with Crippen LogP contribution < -0.4 is 14.2 Å². The van der Waals surface area contributed by atoms with E-state index >= 15 is 0 Å². The van der Waals surface area contributed by atoms with Crippen LogP contribution in [0.15, 0.2) is 40.4 Å². The average Bonchev–Trinajstić information content (AvgIpc) is 2.63. The maximum Gasteiger partial charge on any atom is 0.203 e. The molecule has 0 saturated carbocycles. The monoisotopic (exact) mass is 402 g/mol. The molecule has 2 aromatic carbocycles. The summed E-state index contributed by atoms with van der Waals surface area (Å²) < 4.78 is 17.0. The molecule has 0 spiro atoms. The van der Waals surface area contributed by atoms with Gasteiger partial charge in [-0.3, -0.25) is 4.79 Å². The number of ether oxygens (including phenoxy) is 3. The molecule has 0 aliphatic heterocycles. The predicted octanol–water partition coefficient (Wildman–Crippen LogP) is 4.69. The second-order valence-corrected chi connectivity index (χ2v) is 6.67. The van der Waals surface area contributed by atoms with Crippen LogP contribution in [0.25, 0.3) is 6.08 Å². The Morgan fingerprint density at radius 2 is 1.64 bits per heavy atom. The number of hydrogen-bond donors (Lipinski definition) is 0. The van der Waals surface area contributed by atoms with Crippen LogP contribution in [0.5, 0.6) is 17.2 Å². The SMILES string of the molecule is COc1cc(/C=C2\CCc3ccc(Br)cc3C2=O)cc(OC)c1OC. The molecule has 1 aliphatic carbocycles. The van der Waals surface area contributed by atoms with Crippen LogP contribution >= 0.6 is 15.9 Å². The highest BCUT2D eigenvalue weighted by Crippen LogP contribution is 2.39. The zero-order valence-corrected chi connectivity index (χ0v) is 16.0. The molecule has 4 nitrogen and oxygen atoms in total. The van der Waals surface area contributed by atoms with Gasteiger partial charge in [0.2, 0.25) is 5.75 Å². The molecule has 0 N–H and O–H groups in total. The molecule has 5 heteroatoms. The highest BCUT2D eigenvalue weighted by Gasteiger charge is 2.22. The summed E-state index contributed by atoms with van der Waals surface area (Å²) in [7, 11) is 4.72. The Balaban J connectivity index is 2.02. The van der Waals surface area contributed by atoms with Gasteiger partial charge in [-0.1, -0.05) is 22.0 Å². The van der Waals surface area contributed by atoms with E-state index in [4.69, 9.17) is 14.2 Å². The van der Waals surface area contributed by atoms with Crippen LogP contribution in [0.3, 0.4) is 0 Å². The average molecular weight is 403 g/mol. The lowest BCUT2D eigenvalue weighted by molar-refractivity contribution is 0.102. The zero-order valence-electron chi connectivity index (χ0n) is 14.4. The Labute approximate surface area is 155 Å². The van der Waals surface area contributed by atoms with Crippen molar-refractivity contribution in [1.82, 2.24) is 0 Å². The van der Waals surface area contributed by atoms with Gasteiger partial charge < -0.3 is 14.2 Å². The van der Waals surface area contributed by atoms with Crippen molar-refractivity contribution in [3.8, 4) is 17.2 Å². The minimum Gasteiger partial charge on any atom is -0.493 e. The fourth-order valence-corrected chi connectivity index (χ4v) is 3.42. The quantitative estimate of drug-likeness (QED) is 0.695. The number of benzene rings is 2. The molecule has 0 bridgehead atoms. The lowest BCUT2D eigenvalue weighted by Crippen LogP contribution is -2.14. The van der Waals surface area contributed by atoms with Crippen molar-refractivity contribution in [2.45, 2.75) is 12.8 Å². The minimum absolute atomic E-state index is 0.0660. The van der Waals surface area contributed by atoms with Crippen LogP contribution in [0.2, 0.25) is 0 Å². The number of allylic oxidation sites excluding steroid dienone is 1. The van der Waals surface area contributed by atoms with Crippen molar-refractivity contribution in [2.24, 2.45) is 0 Å². The second kappa shape index (κ2) is 7.31. The standard InChI is InChI=1S/C20H19BrO4/c1-23-17-9-12(10-18(24-2)20(17)25-3)8-14-5-4-13-6-7-15(21)11-16(13)19(14)22/h6-11H,4-5H2,1-3H3/b14-8+. The Kier molecular flexibility index (Phi) is 5.13. The van der Waals surface area contributed by atoms with Crippen LogP contribution in [0, 0.1) is 0 Å². The highest BCUT2D eigenvalue weighted by molar-refractivity contribution is 9.10. The predicted molar refractivity (Wildman–Crippen MR) is 101 cm³/mol. The normalized spacial score (nSPS) is 15.0. The molecule has 3 rings (SSSR count). The van der Waals surface area contributed by atoms with E-state index in [0.29, 0.717) is 23.7 Å². The smallest absolute Gasteiger partial charge is 0.203 e. The van der Waals surface area contributed by atoms with Crippen LogP contribution in [0.4, 0.5) is 0 Å². The van der Waals surface area contributed by atoms with Gasteiger partial charge in [-0.05, 0) is 54.3 Å². The third-order valence-electron chi connectivity index (χ3n) is 4.30. The zero-order chi connectivity index (χ0) is 18.0. The summed E-state index contributed by atoms with van der Waals surface area (Å²) in [5, 5.41) is 0. The number of halogens is 1. The molecular formula is C20H19BrO4. The summed E-state index contributed by atoms with van der Waals surface area (Å²) in [6, 6.07) is 9.56. The summed E-state index contributed by atoms with van der Waals surface area (Å²) in [5.41, 5.74) is 3.48. The molecule has 2 aromatic rings. The van der Waals surface area contributed by atoms with Gasteiger partial charge in [0.1, 0.15) is 0 Å². The summed E-state index contributed by atoms with van der Waals surface area (Å²) in [6.07, 6.45) is 3.46. The fourth-order valence-electron chi connectivity index (χ4n) is 3.06. The third kappa shape index (κ3) is 3.42. The molecule has 0 atom stereocenters. The van der Waals surface area contributed by atoms with Crippen molar-refractivity contribution < 1.29 is 19.0 Å². The van der Waals surface area contributed by atoms with Crippen molar-refractivity contribution >= 4 is 27.8 Å². The number of hydrogen-bond acceptors (Lipinski definition) is 4. The van der Waals surface area contributed by atoms with Crippen LogP contribution in [-0.2, 0) is 6.42 Å². The topological polar surface area (TPSA) is 44.8 Å². The van der Waals surface area contributed by atoms with Crippen molar-refractivity contribution in [3.63, 3.8) is 0 Å². The maximum atomic E-state index is 12.8. The molecule has 25 heavy (non-hydrogen) atoms. The molecule has 130 valence electrons. The van der Waals surface area contributed by atoms with Gasteiger partial charge in [0.05, 0.1) is 21.3 Å². The van der Waals surface area contributed by atoms with Crippen molar-refractivity contribution in [2.75, 3.05) is 21.3 Å². The number of methoxy groups -OCH3 is 3.